The molecule has 2 heteroatoms. The van der Waals surface area contributed by atoms with Gasteiger partial charge in [0, 0.05) is 19.1 Å². The lowest BCUT2D eigenvalue weighted by molar-refractivity contribution is 0.188. The van der Waals surface area contributed by atoms with Crippen LogP contribution in [0.25, 0.3) is 0 Å². The standard InChI is InChI=1S/C17H22N2/c1-4-14-8-9-16-17(18-10-11-19(14)16)15-7-5-6-12(2)13(15)3/h5-7,16-18H,1,8-11H2,2-3H3/t16-,17-/m0/s1. The van der Waals surface area contributed by atoms with Crippen molar-refractivity contribution in [1.29, 1.82) is 0 Å². The smallest absolute Gasteiger partial charge is 0.0562 e. The maximum absolute atomic E-state index is 3.84. The Bertz CT molecular complexity index is 540. The first kappa shape index (κ1) is 12.5. The minimum absolute atomic E-state index is 0.444. The molecule has 2 heterocycles. The Morgan fingerprint density at radius 3 is 3.00 bits per heavy atom. The third-order valence-corrected chi connectivity index (χ3v) is 4.71. The molecule has 0 amide bonds. The van der Waals surface area contributed by atoms with Crippen molar-refractivity contribution in [2.24, 2.45) is 0 Å². The Kier molecular flexibility index (Phi) is 3.22. The SMILES string of the molecule is C=C=C1CC[C@H]2[C@H](c3cccc(C)c3C)NCCN12. The van der Waals surface area contributed by atoms with Gasteiger partial charge in [-0.2, -0.15) is 0 Å². The number of rotatable bonds is 1. The van der Waals surface area contributed by atoms with Gasteiger partial charge in [-0.3, -0.25) is 0 Å². The van der Waals surface area contributed by atoms with E-state index in [4.69, 9.17) is 0 Å². The van der Waals surface area contributed by atoms with Gasteiger partial charge >= 0.3 is 0 Å². The van der Waals surface area contributed by atoms with Crippen molar-refractivity contribution in [2.45, 2.75) is 38.8 Å². The second-order valence-corrected chi connectivity index (χ2v) is 5.64. The van der Waals surface area contributed by atoms with Crippen LogP contribution in [0.5, 0.6) is 0 Å². The monoisotopic (exact) mass is 254 g/mol. The van der Waals surface area contributed by atoms with Crippen LogP contribution in [0.3, 0.4) is 0 Å². The van der Waals surface area contributed by atoms with E-state index >= 15 is 0 Å². The fraction of sp³-hybridized carbons (Fsp3) is 0.471. The van der Waals surface area contributed by atoms with E-state index in [-0.39, 0.29) is 0 Å². The Morgan fingerprint density at radius 1 is 1.37 bits per heavy atom. The maximum Gasteiger partial charge on any atom is 0.0562 e. The number of allylic oxidation sites excluding steroid dienone is 1. The van der Waals surface area contributed by atoms with Crippen LogP contribution in [0.15, 0.2) is 36.2 Å². The van der Waals surface area contributed by atoms with E-state index in [1.807, 2.05) is 0 Å². The van der Waals surface area contributed by atoms with E-state index in [9.17, 15) is 0 Å². The summed E-state index contributed by atoms with van der Waals surface area (Å²) in [5.41, 5.74) is 8.70. The van der Waals surface area contributed by atoms with Gasteiger partial charge in [-0.1, -0.05) is 24.8 Å². The molecule has 1 aromatic rings. The van der Waals surface area contributed by atoms with Gasteiger partial charge in [0.05, 0.1) is 11.7 Å². The predicted molar refractivity (Wildman–Crippen MR) is 79.0 cm³/mol. The fourth-order valence-corrected chi connectivity index (χ4v) is 3.53. The van der Waals surface area contributed by atoms with Crippen LogP contribution in [-0.2, 0) is 0 Å². The number of nitrogens with one attached hydrogen (secondary N) is 1. The summed E-state index contributed by atoms with van der Waals surface area (Å²) in [6.45, 7) is 10.4. The van der Waals surface area contributed by atoms with Crippen LogP contribution in [0, 0.1) is 13.8 Å². The Labute approximate surface area is 115 Å². The number of hydrogen-bond donors (Lipinski definition) is 1. The number of fused-ring (bicyclic) bond motifs is 1. The summed E-state index contributed by atoms with van der Waals surface area (Å²) in [7, 11) is 0. The van der Waals surface area contributed by atoms with Gasteiger partial charge in [-0.25, -0.2) is 0 Å². The van der Waals surface area contributed by atoms with E-state index < -0.39 is 0 Å². The molecule has 2 nitrogen and oxygen atoms in total. The highest BCUT2D eigenvalue weighted by Gasteiger charge is 2.37. The van der Waals surface area contributed by atoms with Gasteiger partial charge < -0.3 is 10.2 Å². The summed E-state index contributed by atoms with van der Waals surface area (Å²) in [5, 5.41) is 3.72. The van der Waals surface area contributed by atoms with Crippen LogP contribution < -0.4 is 5.32 Å². The minimum atomic E-state index is 0.444. The van der Waals surface area contributed by atoms with Gasteiger partial charge in [0.25, 0.3) is 0 Å². The molecule has 3 rings (SSSR count). The van der Waals surface area contributed by atoms with Crippen molar-refractivity contribution >= 4 is 0 Å². The number of aryl methyl sites for hydroxylation is 1. The zero-order valence-electron chi connectivity index (χ0n) is 11.9. The van der Waals surface area contributed by atoms with Crippen molar-refractivity contribution in [2.75, 3.05) is 13.1 Å². The molecule has 1 N–H and O–H groups in total. The van der Waals surface area contributed by atoms with E-state index in [0.717, 1.165) is 19.5 Å². The molecule has 2 fully saturated rings. The number of nitrogens with zero attached hydrogens (tertiary/aromatic N) is 1. The molecule has 2 atom stereocenters. The molecule has 1 aromatic carbocycles. The summed E-state index contributed by atoms with van der Waals surface area (Å²) in [6, 6.07) is 7.66. The molecule has 2 aliphatic heterocycles. The van der Waals surface area contributed by atoms with Crippen LogP contribution in [0.4, 0.5) is 0 Å². The Balaban J connectivity index is 1.97. The average Bonchev–Trinajstić information content (AvgIpc) is 2.85. The second-order valence-electron chi connectivity index (χ2n) is 5.64. The Morgan fingerprint density at radius 2 is 2.21 bits per heavy atom. The first-order chi connectivity index (χ1) is 9.22. The largest absolute Gasteiger partial charge is 0.362 e. The molecule has 0 unspecified atom stereocenters. The zero-order chi connectivity index (χ0) is 13.4. The van der Waals surface area contributed by atoms with Crippen molar-refractivity contribution in [1.82, 2.24) is 10.2 Å². The molecule has 2 saturated heterocycles. The molecule has 100 valence electrons. The van der Waals surface area contributed by atoms with Crippen LogP contribution in [-0.4, -0.2) is 24.0 Å². The summed E-state index contributed by atoms with van der Waals surface area (Å²) in [4.78, 5) is 2.51. The highest BCUT2D eigenvalue weighted by atomic mass is 15.3. The minimum Gasteiger partial charge on any atom is -0.362 e. The van der Waals surface area contributed by atoms with Crippen LogP contribution in [0.1, 0.15) is 35.6 Å². The van der Waals surface area contributed by atoms with E-state index in [0.29, 0.717) is 12.1 Å². The predicted octanol–water partition coefficient (Wildman–Crippen LogP) is 3.08. The molecular weight excluding hydrogens is 232 g/mol. The summed E-state index contributed by atoms with van der Waals surface area (Å²) >= 11 is 0. The highest BCUT2D eigenvalue weighted by molar-refractivity contribution is 5.37. The molecule has 19 heavy (non-hydrogen) atoms. The van der Waals surface area contributed by atoms with Crippen LogP contribution in [0.2, 0.25) is 0 Å². The third-order valence-electron chi connectivity index (χ3n) is 4.71. The van der Waals surface area contributed by atoms with Crippen molar-refractivity contribution in [3.63, 3.8) is 0 Å². The quantitative estimate of drug-likeness (QED) is 0.775. The summed E-state index contributed by atoms with van der Waals surface area (Å²) < 4.78 is 0. The number of benzene rings is 1. The number of piperazine rings is 1. The summed E-state index contributed by atoms with van der Waals surface area (Å²) in [6.07, 6.45) is 2.33. The lowest BCUT2D eigenvalue weighted by Crippen LogP contribution is -2.49. The fourth-order valence-electron chi connectivity index (χ4n) is 3.53. The molecule has 2 aliphatic rings. The topological polar surface area (TPSA) is 15.3 Å². The molecule has 0 spiro atoms. The molecule has 0 bridgehead atoms. The van der Waals surface area contributed by atoms with Gasteiger partial charge in [0.2, 0.25) is 0 Å². The molecule has 0 radical (unpaired) electrons. The van der Waals surface area contributed by atoms with Gasteiger partial charge in [0.1, 0.15) is 0 Å². The first-order valence-electron chi connectivity index (χ1n) is 7.17. The Hall–Kier alpha value is -1.50. The van der Waals surface area contributed by atoms with E-state index in [1.165, 1.54) is 28.8 Å². The highest BCUT2D eigenvalue weighted by Crippen LogP contribution is 2.37. The number of hydrogen-bond acceptors (Lipinski definition) is 2. The average molecular weight is 254 g/mol. The first-order valence-corrected chi connectivity index (χ1v) is 7.17. The lowest BCUT2D eigenvalue weighted by atomic mass is 9.90. The van der Waals surface area contributed by atoms with Crippen molar-refractivity contribution in [3.05, 3.63) is 52.9 Å². The van der Waals surface area contributed by atoms with Gasteiger partial charge in [-0.05, 0) is 43.4 Å². The molecule has 0 saturated carbocycles. The van der Waals surface area contributed by atoms with Gasteiger partial charge in [-0.15, -0.1) is 5.73 Å². The van der Waals surface area contributed by atoms with E-state index in [1.54, 1.807) is 0 Å². The maximum atomic E-state index is 3.84. The normalized spacial score (nSPS) is 26.2. The van der Waals surface area contributed by atoms with Crippen molar-refractivity contribution < 1.29 is 0 Å². The van der Waals surface area contributed by atoms with Crippen LogP contribution >= 0.6 is 0 Å². The summed E-state index contributed by atoms with van der Waals surface area (Å²) in [5.74, 6) is 0. The second kappa shape index (κ2) is 4.88. The van der Waals surface area contributed by atoms with E-state index in [2.05, 4.69) is 54.6 Å². The third kappa shape index (κ3) is 2.01. The molecule has 0 aromatic heterocycles. The zero-order valence-corrected chi connectivity index (χ0v) is 11.9. The molecular formula is C17H22N2. The van der Waals surface area contributed by atoms with Crippen molar-refractivity contribution in [3.8, 4) is 0 Å². The molecule has 0 aliphatic carbocycles. The lowest BCUT2D eigenvalue weighted by Gasteiger charge is -2.40. The van der Waals surface area contributed by atoms with Gasteiger partial charge in [0.15, 0.2) is 0 Å².